The molecule has 7 nitrogen and oxygen atoms in total. The number of para-hydroxylation sites is 2. The third-order valence-electron chi connectivity index (χ3n) is 3.46. The van der Waals surface area contributed by atoms with E-state index in [0.29, 0.717) is 23.1 Å². The lowest BCUT2D eigenvalue weighted by Crippen LogP contribution is -2.23. The predicted octanol–water partition coefficient (Wildman–Crippen LogP) is 2.45. The topological polar surface area (TPSA) is 99.6 Å². The minimum absolute atomic E-state index is 0.0798. The van der Waals surface area contributed by atoms with E-state index in [1.54, 1.807) is 4.40 Å². The summed E-state index contributed by atoms with van der Waals surface area (Å²) in [6.07, 6.45) is -0.366. The molecule has 0 aliphatic carbocycles. The number of aldehydes is 1. The number of amides is 1. The van der Waals surface area contributed by atoms with Crippen LogP contribution in [0, 0.1) is 0 Å². The van der Waals surface area contributed by atoms with E-state index in [0.717, 1.165) is 5.52 Å². The molecule has 2 N–H and O–H groups in total. The van der Waals surface area contributed by atoms with Gasteiger partial charge in [-0.2, -0.15) is 0 Å². The predicted molar refractivity (Wildman–Crippen MR) is 84.8 cm³/mol. The lowest BCUT2D eigenvalue weighted by molar-refractivity contribution is 0.111. The molecule has 23 heavy (non-hydrogen) atoms. The van der Waals surface area contributed by atoms with Crippen LogP contribution in [0.1, 0.15) is 37.0 Å². The number of nitrogens with zero attached hydrogens (tertiary/aromatic N) is 3. The summed E-state index contributed by atoms with van der Waals surface area (Å²) in [4.78, 5) is 31.3. The van der Waals surface area contributed by atoms with Crippen LogP contribution in [0.3, 0.4) is 0 Å². The van der Waals surface area contributed by atoms with Crippen molar-refractivity contribution in [3.05, 3.63) is 35.7 Å². The van der Waals surface area contributed by atoms with E-state index in [1.807, 2.05) is 45.0 Å². The first kappa shape index (κ1) is 15.0. The molecule has 3 aromatic rings. The third-order valence-corrected chi connectivity index (χ3v) is 3.46. The molecule has 0 fully saturated rings. The van der Waals surface area contributed by atoms with Gasteiger partial charge in [0.25, 0.3) is 5.88 Å². The zero-order valence-electron chi connectivity index (χ0n) is 13.0. The molecule has 0 spiro atoms. The molecule has 118 valence electrons. The Morgan fingerprint density at radius 1 is 1.26 bits per heavy atom. The van der Waals surface area contributed by atoms with E-state index in [2.05, 4.69) is 9.97 Å². The van der Waals surface area contributed by atoms with Gasteiger partial charge < -0.3 is 10.5 Å². The molecule has 0 saturated carbocycles. The van der Waals surface area contributed by atoms with Crippen molar-refractivity contribution in [3.63, 3.8) is 0 Å². The molecule has 0 unspecified atom stereocenters. The molecule has 0 bridgehead atoms. The minimum atomic E-state index is -1.01. The smallest absolute Gasteiger partial charge is 0.387 e. The average molecular weight is 312 g/mol. The fourth-order valence-corrected chi connectivity index (χ4v) is 2.69. The molecule has 3 rings (SSSR count). The summed E-state index contributed by atoms with van der Waals surface area (Å²) in [5.74, 6) is -0.0798. The van der Waals surface area contributed by atoms with Crippen molar-refractivity contribution in [2.75, 3.05) is 0 Å². The van der Waals surface area contributed by atoms with Crippen molar-refractivity contribution >= 4 is 29.1 Å². The quantitative estimate of drug-likeness (QED) is 0.733. The Morgan fingerprint density at radius 3 is 2.57 bits per heavy atom. The first-order valence-corrected chi connectivity index (χ1v) is 7.07. The Bertz CT molecular complexity index is 938. The Morgan fingerprint density at radius 2 is 1.96 bits per heavy atom. The summed E-state index contributed by atoms with van der Waals surface area (Å²) < 4.78 is 6.75. The van der Waals surface area contributed by atoms with Gasteiger partial charge in [0.1, 0.15) is 5.69 Å². The molecular formula is C16H16N4O3. The summed E-state index contributed by atoms with van der Waals surface area (Å²) in [7, 11) is 0. The number of aromatic nitrogens is 3. The van der Waals surface area contributed by atoms with Gasteiger partial charge in [-0.25, -0.2) is 14.8 Å². The first-order valence-electron chi connectivity index (χ1n) is 7.07. The van der Waals surface area contributed by atoms with E-state index in [1.165, 1.54) is 0 Å². The summed E-state index contributed by atoms with van der Waals surface area (Å²) in [5.41, 5.74) is 7.44. The maximum Gasteiger partial charge on any atom is 0.411 e. The fraction of sp³-hybridized carbons (Fsp3) is 0.250. The number of primary amides is 1. The number of nitrogens with two attached hydrogens (primary N) is 1. The van der Waals surface area contributed by atoms with Gasteiger partial charge in [-0.3, -0.25) is 9.20 Å². The van der Waals surface area contributed by atoms with Gasteiger partial charge in [-0.05, 0) is 12.1 Å². The molecule has 2 heterocycles. The van der Waals surface area contributed by atoms with Crippen LogP contribution in [0.5, 0.6) is 5.88 Å². The second kappa shape index (κ2) is 5.05. The largest absolute Gasteiger partial charge is 0.411 e. The van der Waals surface area contributed by atoms with Crippen molar-refractivity contribution in [2.24, 2.45) is 5.73 Å². The van der Waals surface area contributed by atoms with E-state index >= 15 is 0 Å². The van der Waals surface area contributed by atoms with Gasteiger partial charge in [0.2, 0.25) is 5.65 Å². The van der Waals surface area contributed by atoms with Crippen molar-refractivity contribution in [1.29, 1.82) is 0 Å². The molecule has 0 radical (unpaired) electrons. The van der Waals surface area contributed by atoms with E-state index in [-0.39, 0.29) is 17.0 Å². The fourth-order valence-electron chi connectivity index (χ4n) is 2.69. The maximum atomic E-state index is 11.5. The van der Waals surface area contributed by atoms with Crippen molar-refractivity contribution < 1.29 is 14.3 Å². The lowest BCUT2D eigenvalue weighted by Gasteiger charge is -2.23. The zero-order chi connectivity index (χ0) is 16.8. The number of hydrogen-bond acceptors (Lipinski definition) is 5. The van der Waals surface area contributed by atoms with Gasteiger partial charge in [0.15, 0.2) is 6.29 Å². The Labute approximate surface area is 132 Å². The van der Waals surface area contributed by atoms with Crippen molar-refractivity contribution in [2.45, 2.75) is 26.2 Å². The molecule has 0 aliphatic heterocycles. The molecule has 0 atom stereocenters. The van der Waals surface area contributed by atoms with Crippen LogP contribution in [0.25, 0.3) is 16.7 Å². The summed E-state index contributed by atoms with van der Waals surface area (Å²) >= 11 is 0. The molecular weight excluding hydrogens is 296 g/mol. The number of fused-ring (bicyclic) bond motifs is 3. The molecule has 0 aliphatic rings. The van der Waals surface area contributed by atoms with Gasteiger partial charge in [0, 0.05) is 5.41 Å². The van der Waals surface area contributed by atoms with Gasteiger partial charge in [-0.1, -0.05) is 32.9 Å². The monoisotopic (exact) mass is 312 g/mol. The molecule has 2 aromatic heterocycles. The zero-order valence-corrected chi connectivity index (χ0v) is 13.0. The minimum Gasteiger partial charge on any atom is -0.387 e. The number of benzene rings is 1. The summed E-state index contributed by atoms with van der Waals surface area (Å²) in [5, 5.41) is 0. The van der Waals surface area contributed by atoms with Gasteiger partial charge >= 0.3 is 6.09 Å². The lowest BCUT2D eigenvalue weighted by atomic mass is 9.90. The number of ether oxygens (including phenoxy) is 1. The Balaban J connectivity index is 2.54. The maximum absolute atomic E-state index is 11.5. The first-order chi connectivity index (χ1) is 10.8. The van der Waals surface area contributed by atoms with Crippen LogP contribution < -0.4 is 10.5 Å². The van der Waals surface area contributed by atoms with Gasteiger partial charge in [-0.15, -0.1) is 0 Å². The highest BCUT2D eigenvalue weighted by atomic mass is 16.6. The van der Waals surface area contributed by atoms with Crippen molar-refractivity contribution in [1.82, 2.24) is 14.4 Å². The van der Waals surface area contributed by atoms with Crippen LogP contribution in [-0.4, -0.2) is 26.7 Å². The van der Waals surface area contributed by atoms with Crippen LogP contribution in [0.2, 0.25) is 0 Å². The van der Waals surface area contributed by atoms with Crippen molar-refractivity contribution in [3.8, 4) is 5.88 Å². The van der Waals surface area contributed by atoms with Crippen LogP contribution >= 0.6 is 0 Å². The summed E-state index contributed by atoms with van der Waals surface area (Å²) in [6.45, 7) is 5.92. The molecule has 1 aromatic carbocycles. The molecule has 1 amide bonds. The number of carbonyl (C=O) groups excluding carboxylic acids is 2. The normalized spacial score (nSPS) is 11.8. The molecule has 7 heteroatoms. The highest BCUT2D eigenvalue weighted by Crippen LogP contribution is 2.32. The number of hydrogen-bond donors (Lipinski definition) is 1. The van der Waals surface area contributed by atoms with Crippen LogP contribution in [0.4, 0.5) is 4.79 Å². The van der Waals surface area contributed by atoms with Crippen LogP contribution in [-0.2, 0) is 5.41 Å². The van der Waals surface area contributed by atoms with Crippen LogP contribution in [0.15, 0.2) is 24.3 Å². The summed E-state index contributed by atoms with van der Waals surface area (Å²) in [6, 6.07) is 7.45. The average Bonchev–Trinajstić information content (AvgIpc) is 2.84. The highest BCUT2D eigenvalue weighted by Gasteiger charge is 2.27. The Hall–Kier alpha value is -2.96. The second-order valence-corrected chi connectivity index (χ2v) is 6.20. The number of carbonyl (C=O) groups is 2. The molecule has 0 saturated heterocycles. The van der Waals surface area contributed by atoms with E-state index < -0.39 is 6.09 Å². The standard InChI is InChI=1S/C16H16N4O3/c1-16(2,3)12-10(8-21)19-14(23-15(17)22)13-18-9-6-4-5-7-11(9)20(12)13/h4-8H,1-3H3,(H2,17,22). The SMILES string of the molecule is CC(C)(C)c1c(C=O)nc(OC(N)=O)c2nc3ccccc3n12. The Kier molecular flexibility index (Phi) is 3.28. The number of rotatable bonds is 2. The second-order valence-electron chi connectivity index (χ2n) is 6.20. The number of imidazole rings is 1. The van der Waals surface area contributed by atoms with E-state index in [4.69, 9.17) is 10.5 Å². The third kappa shape index (κ3) is 2.40. The van der Waals surface area contributed by atoms with Gasteiger partial charge in [0.05, 0.1) is 16.7 Å². The highest BCUT2D eigenvalue weighted by molar-refractivity contribution is 5.86. The van der Waals surface area contributed by atoms with E-state index in [9.17, 15) is 9.59 Å².